The summed E-state index contributed by atoms with van der Waals surface area (Å²) < 4.78 is 18.4. The lowest BCUT2D eigenvalue weighted by Crippen LogP contribution is -2.45. The Hall–Kier alpha value is -3.08. The Bertz CT molecular complexity index is 881. The van der Waals surface area contributed by atoms with Crippen LogP contribution in [0.15, 0.2) is 72.0 Å². The quantitative estimate of drug-likeness (QED) is 0.704. The second-order valence-corrected chi connectivity index (χ2v) is 6.34. The van der Waals surface area contributed by atoms with Crippen LogP contribution >= 0.6 is 0 Å². The zero-order valence-electron chi connectivity index (χ0n) is 14.4. The maximum absolute atomic E-state index is 13.2. The first kappa shape index (κ1) is 16.4. The Morgan fingerprint density at radius 3 is 2.35 bits per heavy atom. The van der Waals surface area contributed by atoms with Crippen molar-refractivity contribution >= 4 is 11.4 Å². The molecule has 0 amide bonds. The first-order valence-electron chi connectivity index (χ1n) is 8.67. The smallest absolute Gasteiger partial charge is 0.133 e. The van der Waals surface area contributed by atoms with Crippen LogP contribution in [0.2, 0.25) is 0 Å². The third kappa shape index (κ3) is 3.20. The van der Waals surface area contributed by atoms with Gasteiger partial charge in [0.05, 0.1) is 5.56 Å². The Labute approximate surface area is 152 Å². The van der Waals surface area contributed by atoms with Gasteiger partial charge in [-0.25, -0.2) is 4.39 Å². The summed E-state index contributed by atoms with van der Waals surface area (Å²) in [5, 5.41) is 4.10. The van der Waals surface area contributed by atoms with E-state index in [1.165, 1.54) is 17.8 Å². The molecule has 2 heterocycles. The average molecular weight is 349 g/mol. The molecule has 26 heavy (non-hydrogen) atoms. The third-order valence-corrected chi connectivity index (χ3v) is 4.78. The number of anilines is 1. The molecule has 0 spiro atoms. The summed E-state index contributed by atoms with van der Waals surface area (Å²) >= 11 is 0. The number of rotatable bonds is 4. The maximum atomic E-state index is 13.2. The van der Waals surface area contributed by atoms with E-state index in [-0.39, 0.29) is 5.82 Å². The zero-order valence-corrected chi connectivity index (χ0v) is 14.4. The Morgan fingerprint density at radius 2 is 1.65 bits per heavy atom. The van der Waals surface area contributed by atoms with Gasteiger partial charge in [-0.15, -0.1) is 0 Å². The lowest BCUT2D eigenvalue weighted by molar-refractivity contribution is 0.367. The molecule has 0 aliphatic carbocycles. The summed E-state index contributed by atoms with van der Waals surface area (Å²) in [6.07, 6.45) is 1.62. The number of aromatic nitrogens is 1. The zero-order chi connectivity index (χ0) is 17.9. The van der Waals surface area contributed by atoms with Gasteiger partial charge >= 0.3 is 0 Å². The number of para-hydroxylation sites is 1. The summed E-state index contributed by atoms with van der Waals surface area (Å²) in [5.41, 5.74) is 4.50. The van der Waals surface area contributed by atoms with E-state index in [1.807, 2.05) is 6.07 Å². The van der Waals surface area contributed by atoms with Crippen molar-refractivity contribution in [3.8, 4) is 11.3 Å². The van der Waals surface area contributed by atoms with Crippen molar-refractivity contribution in [3.63, 3.8) is 0 Å². The second kappa shape index (κ2) is 7.04. The van der Waals surface area contributed by atoms with Gasteiger partial charge in [-0.2, -0.15) is 0 Å². The second-order valence-electron chi connectivity index (χ2n) is 6.34. The minimum Gasteiger partial charge on any atom is -0.368 e. The molecule has 1 aliphatic heterocycles. The van der Waals surface area contributed by atoms with Crippen molar-refractivity contribution in [1.82, 2.24) is 10.1 Å². The van der Waals surface area contributed by atoms with Crippen LogP contribution in [-0.4, -0.2) is 36.2 Å². The molecule has 1 saturated heterocycles. The lowest BCUT2D eigenvalue weighted by Gasteiger charge is -2.38. The molecule has 4 nitrogen and oxygen atoms in total. The number of hydrogen-bond donors (Lipinski definition) is 0. The predicted octanol–water partition coefficient (Wildman–Crippen LogP) is 4.27. The van der Waals surface area contributed by atoms with E-state index in [1.54, 1.807) is 18.4 Å². The average Bonchev–Trinajstić information content (AvgIpc) is 3.19. The third-order valence-electron chi connectivity index (χ3n) is 4.78. The van der Waals surface area contributed by atoms with Gasteiger partial charge in [-0.05, 0) is 36.4 Å². The highest BCUT2D eigenvalue weighted by Gasteiger charge is 2.22. The van der Waals surface area contributed by atoms with E-state index in [0.29, 0.717) is 5.69 Å². The van der Waals surface area contributed by atoms with Gasteiger partial charge in [-0.1, -0.05) is 29.9 Å². The Balaban J connectivity index is 1.48. The highest BCUT2D eigenvalue weighted by atomic mass is 19.1. The normalized spacial score (nSPS) is 14.5. The van der Waals surface area contributed by atoms with Gasteiger partial charge in [-0.3, -0.25) is 0 Å². The van der Waals surface area contributed by atoms with Crippen molar-refractivity contribution in [2.24, 2.45) is 0 Å². The molecule has 0 bridgehead atoms. The van der Waals surface area contributed by atoms with E-state index in [0.717, 1.165) is 43.0 Å². The molecule has 5 heteroatoms. The van der Waals surface area contributed by atoms with Crippen LogP contribution in [-0.2, 0) is 0 Å². The predicted molar refractivity (Wildman–Crippen MR) is 101 cm³/mol. The molecule has 4 rings (SSSR count). The monoisotopic (exact) mass is 349 g/mol. The van der Waals surface area contributed by atoms with Gasteiger partial charge in [0.25, 0.3) is 0 Å². The van der Waals surface area contributed by atoms with Crippen LogP contribution in [0.4, 0.5) is 10.1 Å². The summed E-state index contributed by atoms with van der Waals surface area (Å²) in [6.45, 7) is 7.87. The fourth-order valence-corrected chi connectivity index (χ4v) is 3.30. The number of halogens is 1. The van der Waals surface area contributed by atoms with Gasteiger partial charge in [0.15, 0.2) is 0 Å². The van der Waals surface area contributed by atoms with Crippen LogP contribution < -0.4 is 4.90 Å². The van der Waals surface area contributed by atoms with Gasteiger partial charge in [0.1, 0.15) is 17.8 Å². The van der Waals surface area contributed by atoms with Gasteiger partial charge in [0.2, 0.25) is 0 Å². The number of nitrogens with zero attached hydrogens (tertiary/aromatic N) is 3. The van der Waals surface area contributed by atoms with E-state index in [4.69, 9.17) is 4.52 Å². The highest BCUT2D eigenvalue weighted by Crippen LogP contribution is 2.30. The van der Waals surface area contributed by atoms with E-state index in [2.05, 4.69) is 45.8 Å². The molecule has 1 fully saturated rings. The minimum absolute atomic E-state index is 0.269. The number of hydrogen-bond acceptors (Lipinski definition) is 4. The Kier molecular flexibility index (Phi) is 4.44. The van der Waals surface area contributed by atoms with Crippen LogP contribution in [0.5, 0.6) is 0 Å². The van der Waals surface area contributed by atoms with Crippen molar-refractivity contribution in [2.45, 2.75) is 0 Å². The topological polar surface area (TPSA) is 32.5 Å². The summed E-state index contributed by atoms with van der Waals surface area (Å²) in [6, 6.07) is 16.7. The molecular formula is C21H20FN3O. The van der Waals surface area contributed by atoms with Crippen molar-refractivity contribution in [3.05, 3.63) is 78.8 Å². The largest absolute Gasteiger partial charge is 0.368 e. The Morgan fingerprint density at radius 1 is 0.962 bits per heavy atom. The van der Waals surface area contributed by atoms with Crippen LogP contribution in [0.1, 0.15) is 5.56 Å². The molecule has 132 valence electrons. The fourth-order valence-electron chi connectivity index (χ4n) is 3.30. The molecule has 3 aromatic rings. The van der Waals surface area contributed by atoms with Gasteiger partial charge in [0, 0.05) is 43.1 Å². The highest BCUT2D eigenvalue weighted by molar-refractivity contribution is 5.76. The molecule has 1 aromatic heterocycles. The summed E-state index contributed by atoms with van der Waals surface area (Å²) in [5.74, 6) is -0.269. The molecule has 0 saturated carbocycles. The van der Waals surface area contributed by atoms with Crippen molar-refractivity contribution in [2.75, 3.05) is 31.1 Å². The van der Waals surface area contributed by atoms with Crippen molar-refractivity contribution in [1.29, 1.82) is 0 Å². The van der Waals surface area contributed by atoms with Crippen LogP contribution in [0.25, 0.3) is 17.0 Å². The molecule has 0 unspecified atom stereocenters. The van der Waals surface area contributed by atoms with E-state index >= 15 is 0 Å². The van der Waals surface area contributed by atoms with Gasteiger partial charge < -0.3 is 14.3 Å². The van der Waals surface area contributed by atoms with Crippen molar-refractivity contribution < 1.29 is 8.91 Å². The van der Waals surface area contributed by atoms with E-state index in [9.17, 15) is 4.39 Å². The summed E-state index contributed by atoms with van der Waals surface area (Å²) in [4.78, 5) is 4.62. The maximum Gasteiger partial charge on any atom is 0.133 e. The molecular weight excluding hydrogens is 329 g/mol. The molecule has 0 N–H and O–H groups in total. The first-order valence-corrected chi connectivity index (χ1v) is 8.67. The fraction of sp³-hybridized carbons (Fsp3) is 0.190. The standard InChI is InChI=1S/C21H20FN3O/c1-16(20-15-26-23-21(20)17-7-9-18(22)10-8-17)24-11-13-25(14-12-24)19-5-3-2-4-6-19/h2-10,15H,1,11-14H2. The SMILES string of the molecule is C=C(c1conc1-c1ccc(F)cc1)N1CCN(c2ccccc2)CC1. The molecule has 1 aliphatic rings. The van der Waals surface area contributed by atoms with E-state index < -0.39 is 0 Å². The molecule has 0 radical (unpaired) electrons. The molecule has 2 aromatic carbocycles. The summed E-state index contributed by atoms with van der Waals surface area (Å²) in [7, 11) is 0. The lowest BCUT2D eigenvalue weighted by atomic mass is 10.1. The first-order chi connectivity index (χ1) is 12.7. The number of benzene rings is 2. The van der Waals surface area contributed by atoms with Crippen LogP contribution in [0.3, 0.4) is 0 Å². The van der Waals surface area contributed by atoms with Crippen LogP contribution in [0, 0.1) is 5.82 Å². The molecule has 0 atom stereocenters. The minimum atomic E-state index is -0.269. The number of piperazine rings is 1.